The SMILES string of the molecule is CC1(C)C=CC(NP(=O)(c2ccccc2)c2ccccc2)CC1. The summed E-state index contributed by atoms with van der Waals surface area (Å²) in [5.74, 6) is 0. The molecule has 0 spiro atoms. The maximum absolute atomic E-state index is 13.9. The average Bonchev–Trinajstić information content (AvgIpc) is 2.58. The van der Waals surface area contributed by atoms with Gasteiger partial charge in [0.05, 0.1) is 0 Å². The second kappa shape index (κ2) is 6.47. The lowest BCUT2D eigenvalue weighted by atomic mass is 9.81. The summed E-state index contributed by atoms with van der Waals surface area (Å²) >= 11 is 0. The molecule has 1 aliphatic rings. The summed E-state index contributed by atoms with van der Waals surface area (Å²) in [6.07, 6.45) is 6.54. The number of benzene rings is 2. The van der Waals surface area contributed by atoms with E-state index in [1.54, 1.807) is 0 Å². The van der Waals surface area contributed by atoms with Crippen LogP contribution in [0, 0.1) is 5.41 Å². The normalized spacial score (nSPS) is 20.3. The lowest BCUT2D eigenvalue weighted by Gasteiger charge is -2.32. The molecular weight excluding hydrogens is 301 g/mol. The highest BCUT2D eigenvalue weighted by atomic mass is 31.2. The second-order valence-corrected chi connectivity index (χ2v) is 9.41. The molecule has 0 aromatic heterocycles. The van der Waals surface area contributed by atoms with Gasteiger partial charge in [0.15, 0.2) is 0 Å². The zero-order valence-corrected chi connectivity index (χ0v) is 14.7. The molecular formula is C20H24NOP. The van der Waals surface area contributed by atoms with E-state index in [4.69, 9.17) is 0 Å². The van der Waals surface area contributed by atoms with Crippen LogP contribution in [0.2, 0.25) is 0 Å². The van der Waals surface area contributed by atoms with Crippen molar-refractivity contribution in [2.24, 2.45) is 5.41 Å². The number of rotatable bonds is 4. The fourth-order valence-corrected chi connectivity index (χ4v) is 5.46. The predicted octanol–water partition coefficient (Wildman–Crippen LogP) is 4.25. The van der Waals surface area contributed by atoms with Gasteiger partial charge in [0, 0.05) is 16.7 Å². The summed E-state index contributed by atoms with van der Waals surface area (Å²) in [7, 11) is -2.84. The smallest absolute Gasteiger partial charge is 0.205 e. The van der Waals surface area contributed by atoms with E-state index in [2.05, 4.69) is 31.1 Å². The van der Waals surface area contributed by atoms with Crippen LogP contribution in [0.15, 0.2) is 72.8 Å². The lowest BCUT2D eigenvalue weighted by Crippen LogP contribution is -2.36. The van der Waals surface area contributed by atoms with Crippen LogP contribution in [-0.2, 0) is 4.57 Å². The zero-order valence-electron chi connectivity index (χ0n) is 13.8. The highest BCUT2D eigenvalue weighted by molar-refractivity contribution is 7.76. The van der Waals surface area contributed by atoms with Crippen molar-refractivity contribution in [2.45, 2.75) is 32.7 Å². The molecule has 2 aromatic carbocycles. The van der Waals surface area contributed by atoms with Gasteiger partial charge in [-0.2, -0.15) is 0 Å². The predicted molar refractivity (Wildman–Crippen MR) is 98.8 cm³/mol. The Morgan fingerprint density at radius 2 is 1.48 bits per heavy atom. The van der Waals surface area contributed by atoms with Crippen molar-refractivity contribution in [3.63, 3.8) is 0 Å². The zero-order chi connectivity index (χ0) is 16.3. The van der Waals surface area contributed by atoms with Gasteiger partial charge in [0.25, 0.3) is 0 Å². The number of nitrogens with one attached hydrogen (secondary N) is 1. The van der Waals surface area contributed by atoms with Crippen LogP contribution in [0.25, 0.3) is 0 Å². The molecule has 0 heterocycles. The Balaban J connectivity index is 1.96. The van der Waals surface area contributed by atoms with Crippen LogP contribution >= 0.6 is 7.29 Å². The molecule has 1 unspecified atom stereocenters. The van der Waals surface area contributed by atoms with Crippen molar-refractivity contribution in [2.75, 3.05) is 0 Å². The first-order chi connectivity index (χ1) is 11.0. The van der Waals surface area contributed by atoms with Crippen LogP contribution in [0.3, 0.4) is 0 Å². The Morgan fingerprint density at radius 1 is 0.957 bits per heavy atom. The molecule has 1 atom stereocenters. The number of hydrogen-bond donors (Lipinski definition) is 1. The first-order valence-electron chi connectivity index (χ1n) is 8.18. The minimum Gasteiger partial charge on any atom is -0.297 e. The van der Waals surface area contributed by atoms with Crippen LogP contribution in [0.5, 0.6) is 0 Å². The van der Waals surface area contributed by atoms with Crippen molar-refractivity contribution in [1.82, 2.24) is 5.09 Å². The topological polar surface area (TPSA) is 29.1 Å². The van der Waals surface area contributed by atoms with Crippen LogP contribution in [0.1, 0.15) is 26.7 Å². The number of allylic oxidation sites excluding steroid dienone is 1. The van der Waals surface area contributed by atoms with Crippen molar-refractivity contribution in [1.29, 1.82) is 0 Å². The van der Waals surface area contributed by atoms with E-state index in [-0.39, 0.29) is 11.5 Å². The molecule has 120 valence electrons. The summed E-state index contributed by atoms with van der Waals surface area (Å²) in [4.78, 5) is 0. The van der Waals surface area contributed by atoms with E-state index in [9.17, 15) is 4.57 Å². The molecule has 0 aliphatic heterocycles. The van der Waals surface area contributed by atoms with E-state index in [1.807, 2.05) is 60.7 Å². The molecule has 0 fully saturated rings. The Hall–Kier alpha value is -1.63. The van der Waals surface area contributed by atoms with E-state index >= 15 is 0 Å². The average molecular weight is 325 g/mol. The Morgan fingerprint density at radius 3 is 1.91 bits per heavy atom. The fraction of sp³-hybridized carbons (Fsp3) is 0.300. The van der Waals surface area contributed by atoms with Gasteiger partial charge < -0.3 is 0 Å². The molecule has 0 amide bonds. The molecule has 0 radical (unpaired) electrons. The quantitative estimate of drug-likeness (QED) is 0.672. The van der Waals surface area contributed by atoms with Crippen molar-refractivity contribution >= 4 is 17.9 Å². The molecule has 2 aromatic rings. The molecule has 2 nitrogen and oxygen atoms in total. The van der Waals surface area contributed by atoms with Gasteiger partial charge in [-0.05, 0) is 42.5 Å². The lowest BCUT2D eigenvalue weighted by molar-refractivity contribution is 0.381. The third-order valence-corrected chi connectivity index (χ3v) is 7.21. The summed E-state index contributed by atoms with van der Waals surface area (Å²) in [6, 6.07) is 19.7. The van der Waals surface area contributed by atoms with Gasteiger partial charge in [0.2, 0.25) is 7.29 Å². The number of hydrogen-bond acceptors (Lipinski definition) is 1. The molecule has 0 bridgehead atoms. The molecule has 23 heavy (non-hydrogen) atoms. The molecule has 1 aliphatic carbocycles. The van der Waals surface area contributed by atoms with Crippen molar-refractivity contribution in [3.8, 4) is 0 Å². The van der Waals surface area contributed by atoms with Gasteiger partial charge in [-0.1, -0.05) is 62.4 Å². The largest absolute Gasteiger partial charge is 0.297 e. The molecule has 3 rings (SSSR count). The first kappa shape index (κ1) is 16.2. The molecule has 1 N–H and O–H groups in total. The van der Waals surface area contributed by atoms with Crippen molar-refractivity contribution in [3.05, 3.63) is 72.8 Å². The van der Waals surface area contributed by atoms with Gasteiger partial charge in [-0.25, -0.2) is 0 Å². The molecule has 0 saturated carbocycles. The summed E-state index contributed by atoms with van der Waals surface area (Å²) < 4.78 is 13.9. The third kappa shape index (κ3) is 3.65. The van der Waals surface area contributed by atoms with Gasteiger partial charge in [0.1, 0.15) is 0 Å². The standard InChI is InChI=1S/C20H24NOP/c1-20(2)15-13-17(14-16-20)21-23(22,18-9-5-3-6-10-18)19-11-7-4-8-12-19/h3-13,15,17H,14,16H2,1-2H3,(H,21,22). The molecule has 0 saturated heterocycles. The van der Waals surface area contributed by atoms with Crippen LogP contribution < -0.4 is 15.7 Å². The van der Waals surface area contributed by atoms with Gasteiger partial charge >= 0.3 is 0 Å². The van der Waals surface area contributed by atoms with Crippen LogP contribution in [-0.4, -0.2) is 6.04 Å². The summed E-state index contributed by atoms with van der Waals surface area (Å²) in [5, 5.41) is 5.20. The first-order valence-corrected chi connectivity index (χ1v) is 9.89. The van der Waals surface area contributed by atoms with E-state index in [1.165, 1.54) is 0 Å². The van der Waals surface area contributed by atoms with Gasteiger partial charge in [-0.3, -0.25) is 9.65 Å². The monoisotopic (exact) mass is 325 g/mol. The Kier molecular flexibility index (Phi) is 4.57. The Labute approximate surface area is 139 Å². The van der Waals surface area contributed by atoms with E-state index in [0.717, 1.165) is 23.5 Å². The van der Waals surface area contributed by atoms with Crippen LogP contribution in [0.4, 0.5) is 0 Å². The minimum atomic E-state index is -2.84. The Bertz CT molecular complexity index is 678. The highest BCUT2D eigenvalue weighted by Crippen LogP contribution is 2.41. The minimum absolute atomic E-state index is 0.147. The summed E-state index contributed by atoms with van der Waals surface area (Å²) in [5.41, 5.74) is 0.238. The fourth-order valence-electron chi connectivity index (χ4n) is 3.00. The van der Waals surface area contributed by atoms with E-state index in [0.29, 0.717) is 0 Å². The highest BCUT2D eigenvalue weighted by Gasteiger charge is 2.31. The summed E-state index contributed by atoms with van der Waals surface area (Å²) in [6.45, 7) is 4.49. The molecule has 3 heteroatoms. The maximum Gasteiger partial charge on any atom is 0.205 e. The maximum atomic E-state index is 13.9. The third-order valence-electron chi connectivity index (χ3n) is 4.47. The second-order valence-electron chi connectivity index (χ2n) is 6.90. The van der Waals surface area contributed by atoms with Gasteiger partial charge in [-0.15, -0.1) is 0 Å². The van der Waals surface area contributed by atoms with E-state index < -0.39 is 7.29 Å². The van der Waals surface area contributed by atoms with Crippen molar-refractivity contribution < 1.29 is 4.57 Å².